The van der Waals surface area contributed by atoms with Gasteiger partial charge in [0.05, 0.1) is 39.9 Å². The summed E-state index contributed by atoms with van der Waals surface area (Å²) in [4.78, 5) is 25.5. The van der Waals surface area contributed by atoms with Gasteiger partial charge in [0, 0.05) is 6.42 Å². The zero-order valence-electron chi connectivity index (χ0n) is 47.7. The number of likely N-dealkylation sites (N-methyl/N-ethyl adjacent to an activating group) is 1. The van der Waals surface area contributed by atoms with E-state index < -0.39 is 26.6 Å². The predicted octanol–water partition coefficient (Wildman–Crippen LogP) is 17.5. The van der Waals surface area contributed by atoms with Crippen molar-refractivity contribution >= 4 is 13.7 Å². The number of nitrogens with zero attached hydrogens (tertiary/aromatic N) is 1. The van der Waals surface area contributed by atoms with Crippen LogP contribution in [-0.4, -0.2) is 68.5 Å². The fourth-order valence-corrected chi connectivity index (χ4v) is 8.21. The molecule has 9 heteroatoms. The molecule has 0 aromatic rings. The molecule has 0 saturated heterocycles. The number of allylic oxidation sites excluding steroid dienone is 23. The average Bonchev–Trinajstić information content (AvgIpc) is 3.36. The monoisotopic (exact) mass is 1040 g/mol. The quantitative estimate of drug-likeness (QED) is 0.0272. The number of carbonyl (C=O) groups excluding carboxylic acids is 1. The maximum Gasteiger partial charge on any atom is 0.268 e. The summed E-state index contributed by atoms with van der Waals surface area (Å²) in [5.41, 5.74) is 0. The molecule has 0 spiro atoms. The van der Waals surface area contributed by atoms with Crippen LogP contribution in [0.3, 0.4) is 0 Å². The molecule has 420 valence electrons. The Morgan fingerprint density at radius 3 is 1.26 bits per heavy atom. The Bertz CT molecular complexity index is 1710. The predicted molar refractivity (Wildman–Crippen MR) is 320 cm³/mol. The smallest absolute Gasteiger partial charge is 0.268 e. The summed E-state index contributed by atoms with van der Waals surface area (Å²) in [6.07, 6.45) is 83.5. The summed E-state index contributed by atoms with van der Waals surface area (Å²) in [5.74, 6) is -0.238. The second-order valence-corrected chi connectivity index (χ2v) is 21.7. The van der Waals surface area contributed by atoms with Crippen LogP contribution < -0.4 is 10.2 Å². The zero-order valence-corrected chi connectivity index (χ0v) is 48.6. The summed E-state index contributed by atoms with van der Waals surface area (Å²) in [5, 5.41) is 13.8. The van der Waals surface area contributed by atoms with Crippen molar-refractivity contribution < 1.29 is 32.9 Å². The number of unbranched alkanes of at least 4 members (excludes halogenated alkanes) is 16. The van der Waals surface area contributed by atoms with Gasteiger partial charge in [0.2, 0.25) is 5.91 Å². The number of hydrogen-bond donors (Lipinski definition) is 2. The van der Waals surface area contributed by atoms with Crippen LogP contribution in [0.2, 0.25) is 0 Å². The minimum Gasteiger partial charge on any atom is -0.756 e. The molecule has 0 aromatic carbocycles. The third-order valence-corrected chi connectivity index (χ3v) is 13.0. The minimum atomic E-state index is -4.62. The van der Waals surface area contributed by atoms with Crippen molar-refractivity contribution in [2.75, 3.05) is 40.9 Å². The molecular formula is C65H109N2O6P. The molecule has 0 aliphatic rings. The van der Waals surface area contributed by atoms with E-state index in [0.717, 1.165) is 109 Å². The van der Waals surface area contributed by atoms with Gasteiger partial charge in [-0.25, -0.2) is 0 Å². The van der Waals surface area contributed by atoms with Crippen molar-refractivity contribution in [3.05, 3.63) is 146 Å². The molecule has 0 fully saturated rings. The number of aliphatic hydroxyl groups excluding tert-OH is 1. The highest BCUT2D eigenvalue weighted by Crippen LogP contribution is 2.38. The first kappa shape index (κ1) is 70.4. The summed E-state index contributed by atoms with van der Waals surface area (Å²) < 4.78 is 23.3. The van der Waals surface area contributed by atoms with Gasteiger partial charge in [0.15, 0.2) is 0 Å². The van der Waals surface area contributed by atoms with Crippen molar-refractivity contribution in [2.45, 2.75) is 219 Å². The highest BCUT2D eigenvalue weighted by Gasteiger charge is 2.23. The standard InChI is InChI=1S/C65H109N2O6P/c1-6-8-10-12-14-16-18-20-22-24-25-26-27-28-29-30-31-32-33-34-35-36-37-38-39-40-41-43-45-47-49-51-53-55-57-59-65(69)66-63(62-73-74(70,71)72-61-60-67(3,4)5)64(68)58-56-54-52-50-48-46-44-42-23-21-19-17-15-13-11-9-7-2/h8,10,14,16,20,22,25-26,28-29,31-32,34-35,37-38,40-41,45,47-48,50,56,58,63-64,68H,6-7,9,11-13,15,17-19,21,23-24,27,30,33,36,39,42-44,46,49,51-55,57,59-62H2,1-5H3,(H-,66,69,70,71)/b10-8-,16-14-,22-20-,26-25-,29-28-,32-31-,35-34-,38-37-,41-40-,47-45-,50-48+,58-56+. The van der Waals surface area contributed by atoms with E-state index >= 15 is 0 Å². The molecule has 2 N–H and O–H groups in total. The number of nitrogens with one attached hydrogen (secondary N) is 1. The van der Waals surface area contributed by atoms with Gasteiger partial charge in [0.25, 0.3) is 7.82 Å². The van der Waals surface area contributed by atoms with Crippen LogP contribution in [0, 0.1) is 0 Å². The highest BCUT2D eigenvalue weighted by molar-refractivity contribution is 7.45. The Hall–Kier alpha value is -3.62. The number of amides is 1. The number of carbonyl (C=O) groups is 1. The van der Waals surface area contributed by atoms with E-state index in [9.17, 15) is 19.4 Å². The molecule has 0 saturated carbocycles. The SMILES string of the molecule is CC/C=C\C/C=C\C/C=C\C/C=C\C/C=C\C/C=C\C/C=C\C/C=C\C/C=C\C/C=C\CCCCCCC(=O)NC(COP(=O)([O-])OCC[N+](C)(C)C)C(O)/C=C/CC/C=C/CCCCCCCCCCCCC. The van der Waals surface area contributed by atoms with Gasteiger partial charge >= 0.3 is 0 Å². The van der Waals surface area contributed by atoms with Crippen molar-refractivity contribution in [3.8, 4) is 0 Å². The molecule has 0 bridgehead atoms. The molecule has 1 amide bonds. The van der Waals surface area contributed by atoms with E-state index in [-0.39, 0.29) is 12.5 Å². The lowest BCUT2D eigenvalue weighted by atomic mass is 10.1. The Balaban J connectivity index is 4.32. The van der Waals surface area contributed by atoms with Crippen LogP contribution in [-0.2, 0) is 18.4 Å². The molecule has 0 aliphatic carbocycles. The Kier molecular flexibility index (Phi) is 51.5. The molecular weight excluding hydrogens is 936 g/mol. The fourth-order valence-electron chi connectivity index (χ4n) is 7.49. The molecule has 0 aromatic heterocycles. The zero-order chi connectivity index (χ0) is 54.2. The van der Waals surface area contributed by atoms with Crippen LogP contribution >= 0.6 is 7.82 Å². The Morgan fingerprint density at radius 2 is 0.838 bits per heavy atom. The van der Waals surface area contributed by atoms with Gasteiger partial charge in [-0.1, -0.05) is 237 Å². The van der Waals surface area contributed by atoms with Crippen LogP contribution in [0.4, 0.5) is 0 Å². The molecule has 0 rings (SSSR count). The third kappa shape index (κ3) is 56.1. The van der Waals surface area contributed by atoms with E-state index in [0.29, 0.717) is 23.9 Å². The van der Waals surface area contributed by atoms with Crippen LogP contribution in [0.25, 0.3) is 0 Å². The van der Waals surface area contributed by atoms with E-state index in [1.807, 2.05) is 27.2 Å². The number of rotatable bonds is 51. The first-order chi connectivity index (χ1) is 36.0. The maximum atomic E-state index is 13.0. The molecule has 0 radical (unpaired) electrons. The summed E-state index contributed by atoms with van der Waals surface area (Å²) in [7, 11) is 1.20. The number of phosphoric ester groups is 1. The molecule has 0 heterocycles. The largest absolute Gasteiger partial charge is 0.756 e. The van der Waals surface area contributed by atoms with E-state index in [1.165, 1.54) is 70.6 Å². The lowest BCUT2D eigenvalue weighted by Gasteiger charge is -2.29. The number of phosphoric acid groups is 1. The topological polar surface area (TPSA) is 108 Å². The Labute approximate surface area is 455 Å². The van der Waals surface area contributed by atoms with Gasteiger partial charge in [-0.3, -0.25) is 9.36 Å². The third-order valence-electron chi connectivity index (χ3n) is 12.0. The van der Waals surface area contributed by atoms with Crippen molar-refractivity contribution in [1.29, 1.82) is 0 Å². The van der Waals surface area contributed by atoms with Crippen molar-refractivity contribution in [1.82, 2.24) is 5.32 Å². The molecule has 0 aliphatic heterocycles. The lowest BCUT2D eigenvalue weighted by molar-refractivity contribution is -0.870. The maximum absolute atomic E-state index is 13.0. The fraction of sp³-hybridized carbons (Fsp3) is 0.615. The average molecular weight is 1050 g/mol. The lowest BCUT2D eigenvalue weighted by Crippen LogP contribution is -2.45. The van der Waals surface area contributed by atoms with Crippen molar-refractivity contribution in [3.63, 3.8) is 0 Å². The molecule has 74 heavy (non-hydrogen) atoms. The normalized spacial score (nSPS) is 15.0. The van der Waals surface area contributed by atoms with E-state index in [1.54, 1.807) is 6.08 Å². The number of hydrogen-bond acceptors (Lipinski definition) is 6. The Morgan fingerprint density at radius 1 is 0.486 bits per heavy atom. The van der Waals surface area contributed by atoms with Crippen LogP contribution in [0.15, 0.2) is 146 Å². The minimum absolute atomic E-state index is 0.0199. The van der Waals surface area contributed by atoms with Gasteiger partial charge < -0.3 is 28.8 Å². The van der Waals surface area contributed by atoms with Gasteiger partial charge in [-0.2, -0.15) is 0 Å². The van der Waals surface area contributed by atoms with Crippen molar-refractivity contribution in [2.24, 2.45) is 0 Å². The van der Waals surface area contributed by atoms with Crippen LogP contribution in [0.5, 0.6) is 0 Å². The first-order valence-electron chi connectivity index (χ1n) is 29.2. The van der Waals surface area contributed by atoms with Crippen LogP contribution in [0.1, 0.15) is 206 Å². The second-order valence-electron chi connectivity index (χ2n) is 20.3. The molecule has 8 nitrogen and oxygen atoms in total. The summed E-state index contributed by atoms with van der Waals surface area (Å²) in [6, 6.07) is -0.929. The molecule has 3 atom stereocenters. The van der Waals surface area contributed by atoms with Gasteiger partial charge in [-0.15, -0.1) is 0 Å². The summed E-state index contributed by atoms with van der Waals surface area (Å²) >= 11 is 0. The molecule has 3 unspecified atom stereocenters. The van der Waals surface area contributed by atoms with Gasteiger partial charge in [-0.05, 0) is 109 Å². The number of quaternary nitrogens is 1. The second kappa shape index (κ2) is 54.2. The van der Waals surface area contributed by atoms with E-state index in [4.69, 9.17) is 9.05 Å². The first-order valence-corrected chi connectivity index (χ1v) is 30.7. The highest BCUT2D eigenvalue weighted by atomic mass is 31.2. The van der Waals surface area contributed by atoms with E-state index in [2.05, 4.69) is 153 Å². The number of aliphatic hydroxyl groups is 1. The summed E-state index contributed by atoms with van der Waals surface area (Å²) in [6.45, 7) is 4.47. The van der Waals surface area contributed by atoms with Gasteiger partial charge in [0.1, 0.15) is 13.2 Å².